The maximum absolute atomic E-state index is 11.4. The molecule has 124 valence electrons. The second-order valence-corrected chi connectivity index (χ2v) is 4.98. The van der Waals surface area contributed by atoms with Gasteiger partial charge in [0, 0.05) is 6.42 Å². The van der Waals surface area contributed by atoms with Crippen molar-refractivity contribution in [2.45, 2.75) is 63.8 Å². The first kappa shape index (κ1) is 20.0. The summed E-state index contributed by atoms with van der Waals surface area (Å²) in [6.07, 6.45) is -0.258. The molecule has 0 aromatic carbocycles. The molecular formula is C14H26O7. The van der Waals surface area contributed by atoms with Crippen molar-refractivity contribution in [3.8, 4) is 0 Å². The first-order chi connectivity index (χ1) is 9.93. The molecule has 0 rings (SSSR count). The molecule has 0 fully saturated rings. The molecule has 0 bridgehead atoms. The number of carbonyl (C=O) groups excluding carboxylic acids is 2. The molecule has 21 heavy (non-hydrogen) atoms. The summed E-state index contributed by atoms with van der Waals surface area (Å²) < 4.78 is 4.69. The normalized spacial score (nSPS) is 15.3. The lowest BCUT2D eigenvalue weighted by Crippen LogP contribution is -2.45. The Labute approximate surface area is 124 Å². The summed E-state index contributed by atoms with van der Waals surface area (Å²) in [5.74, 6) is -1.46. The van der Waals surface area contributed by atoms with Gasteiger partial charge in [-0.25, -0.2) is 0 Å². The molecule has 0 heterocycles. The summed E-state index contributed by atoms with van der Waals surface area (Å²) in [6.45, 7) is 0.639. The van der Waals surface area contributed by atoms with Crippen molar-refractivity contribution in [1.29, 1.82) is 0 Å². The van der Waals surface area contributed by atoms with E-state index in [-0.39, 0.29) is 6.42 Å². The summed E-state index contributed by atoms with van der Waals surface area (Å²) >= 11 is 0. The predicted molar refractivity (Wildman–Crippen MR) is 74.4 cm³/mol. The fourth-order valence-corrected chi connectivity index (χ4v) is 1.69. The van der Waals surface area contributed by atoms with Crippen molar-refractivity contribution in [2.75, 3.05) is 13.2 Å². The van der Waals surface area contributed by atoms with E-state index in [4.69, 9.17) is 14.9 Å². The molecule has 0 aliphatic rings. The third-order valence-corrected chi connectivity index (χ3v) is 3.09. The SMILES string of the molecule is CCCCCCCC(=O)OCC(=O)[C@@H](O)[C@@H](O)[C@@H](O)CO. The summed E-state index contributed by atoms with van der Waals surface area (Å²) in [5, 5.41) is 36.4. The van der Waals surface area contributed by atoms with Gasteiger partial charge >= 0.3 is 5.97 Å². The number of hydrogen-bond donors (Lipinski definition) is 4. The van der Waals surface area contributed by atoms with Gasteiger partial charge in [0.05, 0.1) is 6.61 Å². The molecule has 0 unspecified atom stereocenters. The van der Waals surface area contributed by atoms with Crippen LogP contribution in [-0.2, 0) is 14.3 Å². The van der Waals surface area contributed by atoms with Crippen molar-refractivity contribution in [3.63, 3.8) is 0 Å². The van der Waals surface area contributed by atoms with Crippen LogP contribution in [0.1, 0.15) is 45.4 Å². The van der Waals surface area contributed by atoms with E-state index in [1.165, 1.54) is 0 Å². The van der Waals surface area contributed by atoms with Gasteiger partial charge in [0.1, 0.15) is 18.3 Å². The molecule has 0 spiro atoms. The fraction of sp³-hybridized carbons (Fsp3) is 0.857. The lowest BCUT2D eigenvalue weighted by atomic mass is 10.1. The number of unbranched alkanes of at least 4 members (excludes halogenated alkanes) is 4. The van der Waals surface area contributed by atoms with Crippen LogP contribution in [0.15, 0.2) is 0 Å². The highest BCUT2D eigenvalue weighted by molar-refractivity contribution is 5.86. The van der Waals surface area contributed by atoms with Gasteiger partial charge in [-0.15, -0.1) is 0 Å². The zero-order chi connectivity index (χ0) is 16.3. The number of ether oxygens (including phenoxy) is 1. The highest BCUT2D eigenvalue weighted by Crippen LogP contribution is 2.06. The predicted octanol–water partition coefficient (Wildman–Crippen LogP) is -0.466. The van der Waals surface area contributed by atoms with Gasteiger partial charge in [-0.3, -0.25) is 9.59 Å². The van der Waals surface area contributed by atoms with E-state index in [2.05, 4.69) is 6.92 Å². The van der Waals surface area contributed by atoms with Crippen LogP contribution in [0.25, 0.3) is 0 Å². The molecule has 0 aliphatic heterocycles. The third kappa shape index (κ3) is 8.77. The summed E-state index contributed by atoms with van der Waals surface area (Å²) in [7, 11) is 0. The van der Waals surface area contributed by atoms with Crippen LogP contribution in [0.2, 0.25) is 0 Å². The number of aliphatic hydroxyl groups excluding tert-OH is 4. The minimum Gasteiger partial charge on any atom is -0.458 e. The molecule has 0 radical (unpaired) electrons. The molecule has 0 saturated heterocycles. The average Bonchev–Trinajstić information content (AvgIpc) is 2.49. The van der Waals surface area contributed by atoms with Gasteiger partial charge in [0.25, 0.3) is 0 Å². The lowest BCUT2D eigenvalue weighted by molar-refractivity contribution is -0.155. The van der Waals surface area contributed by atoms with E-state index in [1.807, 2.05) is 0 Å². The van der Waals surface area contributed by atoms with Crippen molar-refractivity contribution in [2.24, 2.45) is 0 Å². The number of carbonyl (C=O) groups is 2. The number of Topliss-reactive ketones (excluding diaryl/α,β-unsaturated/α-hetero) is 1. The van der Waals surface area contributed by atoms with Crippen LogP contribution in [0.4, 0.5) is 0 Å². The number of hydrogen-bond acceptors (Lipinski definition) is 7. The topological polar surface area (TPSA) is 124 Å². The third-order valence-electron chi connectivity index (χ3n) is 3.09. The van der Waals surface area contributed by atoms with Crippen molar-refractivity contribution >= 4 is 11.8 Å². The van der Waals surface area contributed by atoms with Crippen molar-refractivity contribution in [3.05, 3.63) is 0 Å². The Kier molecular flexibility index (Phi) is 11.1. The van der Waals surface area contributed by atoms with Crippen LogP contribution in [-0.4, -0.2) is 63.7 Å². The molecule has 7 heteroatoms. The Morgan fingerprint density at radius 2 is 1.67 bits per heavy atom. The average molecular weight is 306 g/mol. The Hall–Kier alpha value is -1.02. The van der Waals surface area contributed by atoms with Crippen LogP contribution in [0.3, 0.4) is 0 Å². The summed E-state index contributed by atoms with van der Waals surface area (Å²) in [5.41, 5.74) is 0. The Bertz CT molecular complexity index is 306. The molecule has 7 nitrogen and oxygen atoms in total. The van der Waals surface area contributed by atoms with E-state index in [1.54, 1.807) is 0 Å². The lowest BCUT2D eigenvalue weighted by Gasteiger charge is -2.20. The number of aliphatic hydroxyl groups is 4. The monoisotopic (exact) mass is 306 g/mol. The molecule has 0 aromatic rings. The van der Waals surface area contributed by atoms with Gasteiger partial charge in [0.2, 0.25) is 5.78 Å². The standard InChI is InChI=1S/C14H26O7/c1-2-3-4-5-6-7-12(18)21-9-11(17)14(20)13(19)10(16)8-15/h10,13-16,19-20H,2-9H2,1H3/t10-,13-,14+/m0/s1. The van der Waals surface area contributed by atoms with E-state index in [0.29, 0.717) is 6.42 Å². The molecule has 0 aromatic heterocycles. The highest BCUT2D eigenvalue weighted by atomic mass is 16.5. The first-order valence-corrected chi connectivity index (χ1v) is 7.27. The van der Waals surface area contributed by atoms with Crippen molar-refractivity contribution < 1.29 is 34.8 Å². The van der Waals surface area contributed by atoms with Gasteiger partial charge in [0.15, 0.2) is 6.61 Å². The minimum absolute atomic E-state index is 0.203. The quantitative estimate of drug-likeness (QED) is 0.284. The molecule has 0 aliphatic carbocycles. The molecule has 3 atom stereocenters. The van der Waals surface area contributed by atoms with Crippen LogP contribution < -0.4 is 0 Å². The first-order valence-electron chi connectivity index (χ1n) is 7.27. The Morgan fingerprint density at radius 1 is 1.05 bits per heavy atom. The zero-order valence-electron chi connectivity index (χ0n) is 12.4. The van der Waals surface area contributed by atoms with Gasteiger partial charge in [-0.05, 0) is 6.42 Å². The number of rotatable bonds is 12. The van der Waals surface area contributed by atoms with E-state index in [0.717, 1.165) is 25.7 Å². The van der Waals surface area contributed by atoms with E-state index in [9.17, 15) is 19.8 Å². The number of esters is 1. The molecule has 0 amide bonds. The van der Waals surface area contributed by atoms with Crippen molar-refractivity contribution in [1.82, 2.24) is 0 Å². The van der Waals surface area contributed by atoms with Gasteiger partial charge in [-0.1, -0.05) is 32.6 Å². The largest absolute Gasteiger partial charge is 0.458 e. The maximum Gasteiger partial charge on any atom is 0.306 e. The highest BCUT2D eigenvalue weighted by Gasteiger charge is 2.30. The Morgan fingerprint density at radius 3 is 2.24 bits per heavy atom. The van der Waals surface area contributed by atoms with E-state index >= 15 is 0 Å². The summed E-state index contributed by atoms with van der Waals surface area (Å²) in [6, 6.07) is 0. The molecular weight excluding hydrogens is 280 g/mol. The Balaban J connectivity index is 3.88. The maximum atomic E-state index is 11.4. The summed E-state index contributed by atoms with van der Waals surface area (Å²) in [4.78, 5) is 22.8. The smallest absolute Gasteiger partial charge is 0.306 e. The second kappa shape index (κ2) is 11.6. The van der Waals surface area contributed by atoms with Gasteiger partial charge < -0.3 is 25.2 Å². The second-order valence-electron chi connectivity index (χ2n) is 4.98. The van der Waals surface area contributed by atoms with E-state index < -0.39 is 43.3 Å². The van der Waals surface area contributed by atoms with Crippen LogP contribution in [0.5, 0.6) is 0 Å². The molecule has 4 N–H and O–H groups in total. The number of ketones is 1. The zero-order valence-corrected chi connectivity index (χ0v) is 12.4. The minimum atomic E-state index is -1.90. The van der Waals surface area contributed by atoms with Gasteiger partial charge in [-0.2, -0.15) is 0 Å². The fourth-order valence-electron chi connectivity index (χ4n) is 1.69. The van der Waals surface area contributed by atoms with Crippen LogP contribution in [0, 0.1) is 0 Å². The molecule has 0 saturated carbocycles. The van der Waals surface area contributed by atoms with Crippen LogP contribution >= 0.6 is 0 Å².